The molecule has 0 amide bonds. The number of nitrogens with zero attached hydrogens (tertiary/aromatic N) is 3. The summed E-state index contributed by atoms with van der Waals surface area (Å²) in [4.78, 5) is 4.15. The molecular formula is C14H18N4O3S. The number of benzene rings is 1. The number of sulfonamides is 1. The van der Waals surface area contributed by atoms with Gasteiger partial charge in [-0.2, -0.15) is 4.98 Å². The van der Waals surface area contributed by atoms with Crippen LogP contribution in [-0.4, -0.2) is 36.9 Å². The molecule has 0 bridgehead atoms. The van der Waals surface area contributed by atoms with Crippen LogP contribution in [0.5, 0.6) is 0 Å². The van der Waals surface area contributed by atoms with Crippen LogP contribution in [0.15, 0.2) is 35.5 Å². The third-order valence-electron chi connectivity index (χ3n) is 3.53. The summed E-state index contributed by atoms with van der Waals surface area (Å²) in [5.74, 6) is 0.658. The lowest BCUT2D eigenvalue weighted by Crippen LogP contribution is -2.14. The number of hydrogen-bond donors (Lipinski definition) is 1. The molecule has 1 aromatic heterocycles. The molecule has 1 N–H and O–H groups in total. The summed E-state index contributed by atoms with van der Waals surface area (Å²) in [6.45, 7) is 0.999. The minimum Gasteiger partial charge on any atom is -0.383 e. The summed E-state index contributed by atoms with van der Waals surface area (Å²) >= 11 is 0. The molecule has 0 spiro atoms. The predicted molar refractivity (Wildman–Crippen MR) is 81.1 cm³/mol. The molecule has 0 saturated heterocycles. The quantitative estimate of drug-likeness (QED) is 0.837. The van der Waals surface area contributed by atoms with Gasteiger partial charge in [0.25, 0.3) is 16.0 Å². The monoisotopic (exact) mass is 322 g/mol. The molecule has 118 valence electrons. The fraction of sp³-hybridized carbons (Fsp3) is 0.429. The molecule has 7 nitrogen and oxygen atoms in total. The Morgan fingerprint density at radius 3 is 2.68 bits per heavy atom. The van der Waals surface area contributed by atoms with Crippen molar-refractivity contribution in [3.05, 3.63) is 36.2 Å². The maximum absolute atomic E-state index is 12.3. The first-order valence-electron chi connectivity index (χ1n) is 7.09. The summed E-state index contributed by atoms with van der Waals surface area (Å²) in [5.41, 5.74) is 1.20. The first-order chi connectivity index (χ1) is 10.6. The van der Waals surface area contributed by atoms with E-state index in [4.69, 9.17) is 4.74 Å². The van der Waals surface area contributed by atoms with E-state index in [1.54, 1.807) is 19.2 Å². The van der Waals surface area contributed by atoms with Gasteiger partial charge in [0.05, 0.1) is 18.0 Å². The smallest absolute Gasteiger partial charge is 0.264 e. The van der Waals surface area contributed by atoms with E-state index in [1.807, 2.05) is 12.1 Å². The van der Waals surface area contributed by atoms with Crippen molar-refractivity contribution in [2.45, 2.75) is 30.2 Å². The Balaban J connectivity index is 1.70. The van der Waals surface area contributed by atoms with E-state index in [-0.39, 0.29) is 10.8 Å². The highest BCUT2D eigenvalue weighted by molar-refractivity contribution is 7.92. The van der Waals surface area contributed by atoms with Crippen molar-refractivity contribution in [2.75, 3.05) is 18.4 Å². The Kier molecular flexibility index (Phi) is 4.12. The fourth-order valence-corrected chi connectivity index (χ4v) is 3.09. The van der Waals surface area contributed by atoms with E-state index in [2.05, 4.69) is 14.8 Å². The number of nitrogens with one attached hydrogen (secondary N) is 1. The molecule has 1 fully saturated rings. The van der Waals surface area contributed by atoms with Gasteiger partial charge in [-0.25, -0.2) is 17.8 Å². The zero-order valence-electron chi connectivity index (χ0n) is 12.3. The molecule has 22 heavy (non-hydrogen) atoms. The Labute approximate surface area is 129 Å². The Morgan fingerprint density at radius 2 is 2.05 bits per heavy atom. The second kappa shape index (κ2) is 6.05. The van der Waals surface area contributed by atoms with Gasteiger partial charge in [-0.1, -0.05) is 12.1 Å². The van der Waals surface area contributed by atoms with Crippen molar-refractivity contribution in [2.24, 2.45) is 0 Å². The highest BCUT2D eigenvalue weighted by Gasteiger charge is 2.24. The third-order valence-corrected chi connectivity index (χ3v) is 4.87. The van der Waals surface area contributed by atoms with E-state index in [9.17, 15) is 8.42 Å². The van der Waals surface area contributed by atoms with Crippen LogP contribution in [0.1, 0.15) is 24.3 Å². The van der Waals surface area contributed by atoms with Crippen molar-refractivity contribution in [1.82, 2.24) is 14.8 Å². The minimum absolute atomic E-state index is 0.0578. The molecule has 0 atom stereocenters. The highest BCUT2D eigenvalue weighted by atomic mass is 32.2. The number of anilines is 1. The SMILES string of the molecule is COCCn1cnc(NS(=O)(=O)c2ccc(C3CC3)cc2)n1. The lowest BCUT2D eigenvalue weighted by molar-refractivity contribution is 0.183. The second-order valence-electron chi connectivity index (χ2n) is 5.27. The van der Waals surface area contributed by atoms with Crippen molar-refractivity contribution in [3.63, 3.8) is 0 Å². The zero-order valence-corrected chi connectivity index (χ0v) is 13.1. The average molecular weight is 322 g/mol. The van der Waals surface area contributed by atoms with Gasteiger partial charge in [0, 0.05) is 7.11 Å². The van der Waals surface area contributed by atoms with Crippen LogP contribution in [0.3, 0.4) is 0 Å². The van der Waals surface area contributed by atoms with Gasteiger partial charge >= 0.3 is 0 Å². The molecular weight excluding hydrogens is 304 g/mol. The number of rotatable bonds is 7. The highest BCUT2D eigenvalue weighted by Crippen LogP contribution is 2.40. The van der Waals surface area contributed by atoms with Gasteiger partial charge in [0.15, 0.2) is 0 Å². The Morgan fingerprint density at radius 1 is 1.32 bits per heavy atom. The van der Waals surface area contributed by atoms with Crippen molar-refractivity contribution < 1.29 is 13.2 Å². The minimum atomic E-state index is -3.66. The molecule has 0 radical (unpaired) electrons. The average Bonchev–Trinajstić information content (AvgIpc) is 3.27. The topological polar surface area (TPSA) is 86.1 Å². The van der Waals surface area contributed by atoms with E-state index in [0.29, 0.717) is 19.1 Å². The van der Waals surface area contributed by atoms with Crippen molar-refractivity contribution in [1.29, 1.82) is 0 Å². The summed E-state index contributed by atoms with van der Waals surface area (Å²) in [7, 11) is -2.07. The first kappa shape index (κ1) is 15.0. The maximum Gasteiger partial charge on any atom is 0.264 e. The Hall–Kier alpha value is -1.93. The van der Waals surface area contributed by atoms with E-state index < -0.39 is 10.0 Å². The zero-order chi connectivity index (χ0) is 15.6. The van der Waals surface area contributed by atoms with Gasteiger partial charge in [0.1, 0.15) is 6.33 Å². The number of methoxy groups -OCH3 is 1. The molecule has 1 saturated carbocycles. The molecule has 1 heterocycles. The third kappa shape index (κ3) is 3.45. The molecule has 1 aliphatic rings. The van der Waals surface area contributed by atoms with E-state index >= 15 is 0 Å². The first-order valence-corrected chi connectivity index (χ1v) is 8.58. The molecule has 0 aliphatic heterocycles. The van der Waals surface area contributed by atoms with Gasteiger partial charge < -0.3 is 4.74 Å². The normalized spacial score (nSPS) is 15.0. The maximum atomic E-state index is 12.3. The van der Waals surface area contributed by atoms with Crippen LogP contribution in [-0.2, 0) is 21.3 Å². The van der Waals surface area contributed by atoms with Gasteiger partial charge in [-0.05, 0) is 36.5 Å². The van der Waals surface area contributed by atoms with Crippen LogP contribution < -0.4 is 4.72 Å². The second-order valence-corrected chi connectivity index (χ2v) is 6.96. The standard InChI is InChI=1S/C14H18N4O3S/c1-21-9-8-18-10-15-14(16-18)17-22(19,20)13-6-4-12(5-7-13)11-2-3-11/h4-7,10-11H,2-3,8-9H2,1H3,(H,16,17). The van der Waals surface area contributed by atoms with Crippen molar-refractivity contribution >= 4 is 16.0 Å². The largest absolute Gasteiger partial charge is 0.383 e. The number of ether oxygens (including phenoxy) is 1. The molecule has 0 unspecified atom stereocenters. The molecule has 1 aliphatic carbocycles. The van der Waals surface area contributed by atoms with Crippen LogP contribution in [0, 0.1) is 0 Å². The predicted octanol–water partition coefficient (Wildman–Crippen LogP) is 1.60. The summed E-state index contributed by atoms with van der Waals surface area (Å²) in [6.07, 6.45) is 3.84. The summed E-state index contributed by atoms with van der Waals surface area (Å²) in [6, 6.07) is 6.99. The summed E-state index contributed by atoms with van der Waals surface area (Å²) in [5, 5.41) is 4.05. The van der Waals surface area contributed by atoms with E-state index in [0.717, 1.165) is 0 Å². The lowest BCUT2D eigenvalue weighted by Gasteiger charge is -2.05. The van der Waals surface area contributed by atoms with Crippen molar-refractivity contribution in [3.8, 4) is 0 Å². The number of hydrogen-bond acceptors (Lipinski definition) is 5. The molecule has 2 aromatic rings. The fourth-order valence-electron chi connectivity index (χ4n) is 2.15. The van der Waals surface area contributed by atoms with Crippen LogP contribution >= 0.6 is 0 Å². The van der Waals surface area contributed by atoms with Crippen LogP contribution in [0.4, 0.5) is 5.95 Å². The Bertz CT molecular complexity index is 736. The molecule has 8 heteroatoms. The number of aromatic nitrogens is 3. The van der Waals surface area contributed by atoms with Gasteiger partial charge in [0.2, 0.25) is 0 Å². The van der Waals surface area contributed by atoms with Gasteiger partial charge in [-0.3, -0.25) is 0 Å². The van der Waals surface area contributed by atoms with Crippen LogP contribution in [0.25, 0.3) is 0 Å². The lowest BCUT2D eigenvalue weighted by atomic mass is 10.1. The molecule has 3 rings (SSSR count). The summed E-state index contributed by atoms with van der Waals surface area (Å²) < 4.78 is 33.4. The van der Waals surface area contributed by atoms with E-state index in [1.165, 1.54) is 29.4 Å². The molecule has 1 aromatic carbocycles. The van der Waals surface area contributed by atoms with Gasteiger partial charge in [-0.15, -0.1) is 5.10 Å². The van der Waals surface area contributed by atoms with Crippen LogP contribution in [0.2, 0.25) is 0 Å².